The van der Waals surface area contributed by atoms with E-state index >= 15 is 0 Å². The van der Waals surface area contributed by atoms with E-state index < -0.39 is 0 Å². The van der Waals surface area contributed by atoms with Crippen molar-refractivity contribution in [3.05, 3.63) is 35.4 Å². The van der Waals surface area contributed by atoms with E-state index in [4.69, 9.17) is 4.74 Å². The molecule has 0 bridgehead atoms. The van der Waals surface area contributed by atoms with Crippen LogP contribution in [0.4, 0.5) is 0 Å². The number of hydrogen-bond donors (Lipinski definition) is 2. The Balaban J connectivity index is 1.92. The van der Waals surface area contributed by atoms with E-state index in [2.05, 4.69) is 36.4 Å². The first-order chi connectivity index (χ1) is 12.8. The molecule has 3 atom stereocenters. The van der Waals surface area contributed by atoms with Gasteiger partial charge in [-0.25, -0.2) is 0 Å². The van der Waals surface area contributed by atoms with E-state index in [-0.39, 0.29) is 18.1 Å². The smallest absolute Gasteiger partial charge is 0.254 e. The minimum atomic E-state index is 0.0692. The van der Waals surface area contributed by atoms with Gasteiger partial charge in [0.1, 0.15) is 0 Å². The number of ether oxygens (including phenoxy) is 1. The van der Waals surface area contributed by atoms with E-state index in [0.717, 1.165) is 17.1 Å². The first kappa shape index (κ1) is 21.2. The SMILES string of the molecule is CN=C(NCc1ccc(C(=O)N2CC(C)OC(C)C2)cc1)NC(C)C(C)C. The molecule has 6 heteroatoms. The van der Waals surface area contributed by atoms with Crippen LogP contribution in [0, 0.1) is 5.92 Å². The van der Waals surface area contributed by atoms with Crippen LogP contribution in [0.15, 0.2) is 29.3 Å². The van der Waals surface area contributed by atoms with Crippen molar-refractivity contribution >= 4 is 11.9 Å². The van der Waals surface area contributed by atoms with Crippen molar-refractivity contribution in [3.63, 3.8) is 0 Å². The molecule has 6 nitrogen and oxygen atoms in total. The van der Waals surface area contributed by atoms with Crippen molar-refractivity contribution in [3.8, 4) is 0 Å². The van der Waals surface area contributed by atoms with Gasteiger partial charge in [-0.3, -0.25) is 9.79 Å². The molecule has 1 aliphatic rings. The number of carbonyl (C=O) groups is 1. The largest absolute Gasteiger partial charge is 0.372 e. The highest BCUT2D eigenvalue weighted by Gasteiger charge is 2.26. The van der Waals surface area contributed by atoms with Gasteiger partial charge in [0, 0.05) is 38.3 Å². The van der Waals surface area contributed by atoms with Gasteiger partial charge < -0.3 is 20.3 Å². The number of morpholine rings is 1. The van der Waals surface area contributed by atoms with Gasteiger partial charge in [0.2, 0.25) is 0 Å². The van der Waals surface area contributed by atoms with Crippen molar-refractivity contribution in [1.29, 1.82) is 0 Å². The monoisotopic (exact) mass is 374 g/mol. The molecular weight excluding hydrogens is 340 g/mol. The molecule has 0 spiro atoms. The fraction of sp³-hybridized carbons (Fsp3) is 0.619. The van der Waals surface area contributed by atoms with E-state index in [1.165, 1.54) is 0 Å². The number of nitrogens with one attached hydrogen (secondary N) is 2. The van der Waals surface area contributed by atoms with Gasteiger partial charge in [0.05, 0.1) is 12.2 Å². The minimum absolute atomic E-state index is 0.0692. The Kier molecular flexibility index (Phi) is 7.66. The number of hydrogen-bond acceptors (Lipinski definition) is 3. The van der Waals surface area contributed by atoms with Crippen LogP contribution in [-0.2, 0) is 11.3 Å². The predicted octanol–water partition coefficient (Wildman–Crippen LogP) is 2.65. The summed E-state index contributed by atoms with van der Waals surface area (Å²) in [5.41, 5.74) is 1.83. The average molecular weight is 375 g/mol. The molecule has 1 aromatic carbocycles. The Morgan fingerprint density at radius 3 is 2.30 bits per heavy atom. The number of rotatable bonds is 5. The Morgan fingerprint density at radius 2 is 1.78 bits per heavy atom. The molecule has 2 rings (SSSR count). The summed E-state index contributed by atoms with van der Waals surface area (Å²) in [6.45, 7) is 12.5. The Bertz CT molecular complexity index is 632. The summed E-state index contributed by atoms with van der Waals surface area (Å²) in [5, 5.41) is 6.71. The normalized spacial score (nSPS) is 21.9. The summed E-state index contributed by atoms with van der Waals surface area (Å²) in [6.07, 6.45) is 0.155. The van der Waals surface area contributed by atoms with Crippen molar-refractivity contribution in [2.24, 2.45) is 10.9 Å². The highest BCUT2D eigenvalue weighted by molar-refractivity contribution is 5.94. The lowest BCUT2D eigenvalue weighted by molar-refractivity contribution is -0.0586. The van der Waals surface area contributed by atoms with Crippen molar-refractivity contribution in [2.75, 3.05) is 20.1 Å². The molecule has 1 amide bonds. The van der Waals surface area contributed by atoms with Crippen molar-refractivity contribution in [2.45, 2.75) is 59.4 Å². The Labute approximate surface area is 163 Å². The second-order valence-corrected chi connectivity index (χ2v) is 7.77. The van der Waals surface area contributed by atoms with E-state index in [0.29, 0.717) is 31.6 Å². The molecular formula is C21H34N4O2. The fourth-order valence-corrected chi connectivity index (χ4v) is 3.05. The standard InChI is InChI=1S/C21H34N4O2/c1-14(2)17(5)24-21(22-6)23-11-18-7-9-19(10-8-18)20(26)25-12-15(3)27-16(4)13-25/h7-10,14-17H,11-13H2,1-6H3,(H2,22,23,24). The highest BCUT2D eigenvalue weighted by atomic mass is 16.5. The first-order valence-electron chi connectivity index (χ1n) is 9.81. The van der Waals surface area contributed by atoms with Gasteiger partial charge in [0.15, 0.2) is 5.96 Å². The van der Waals surface area contributed by atoms with Gasteiger partial charge in [0.25, 0.3) is 5.91 Å². The minimum Gasteiger partial charge on any atom is -0.372 e. The zero-order valence-electron chi connectivity index (χ0n) is 17.5. The van der Waals surface area contributed by atoms with Gasteiger partial charge in [-0.1, -0.05) is 26.0 Å². The number of carbonyl (C=O) groups excluding carboxylic acids is 1. The lowest BCUT2D eigenvalue weighted by Crippen LogP contribution is -2.48. The summed E-state index contributed by atoms with van der Waals surface area (Å²) in [6, 6.07) is 8.13. The number of nitrogens with zero attached hydrogens (tertiary/aromatic N) is 2. The molecule has 0 aromatic heterocycles. The van der Waals surface area contributed by atoms with E-state index in [9.17, 15) is 4.79 Å². The molecule has 0 aliphatic carbocycles. The van der Waals surface area contributed by atoms with Crippen molar-refractivity contribution < 1.29 is 9.53 Å². The van der Waals surface area contributed by atoms with Crippen LogP contribution in [0.2, 0.25) is 0 Å². The maximum Gasteiger partial charge on any atom is 0.254 e. The summed E-state index contributed by atoms with van der Waals surface area (Å²) >= 11 is 0. The molecule has 2 N–H and O–H groups in total. The second kappa shape index (κ2) is 9.74. The molecule has 0 radical (unpaired) electrons. The van der Waals surface area contributed by atoms with E-state index in [1.807, 2.05) is 43.0 Å². The summed E-state index contributed by atoms with van der Waals surface area (Å²) in [7, 11) is 1.77. The lowest BCUT2D eigenvalue weighted by atomic mass is 10.1. The highest BCUT2D eigenvalue weighted by Crippen LogP contribution is 2.15. The zero-order chi connectivity index (χ0) is 20.0. The predicted molar refractivity (Wildman–Crippen MR) is 110 cm³/mol. The quantitative estimate of drug-likeness (QED) is 0.614. The zero-order valence-corrected chi connectivity index (χ0v) is 17.5. The Hall–Kier alpha value is -2.08. The molecule has 1 saturated heterocycles. The van der Waals surface area contributed by atoms with Crippen LogP contribution in [0.25, 0.3) is 0 Å². The van der Waals surface area contributed by atoms with Crippen LogP contribution in [0.5, 0.6) is 0 Å². The summed E-state index contributed by atoms with van der Waals surface area (Å²) in [5.74, 6) is 1.38. The fourth-order valence-electron chi connectivity index (χ4n) is 3.05. The van der Waals surface area contributed by atoms with Gasteiger partial charge in [-0.15, -0.1) is 0 Å². The lowest BCUT2D eigenvalue weighted by Gasteiger charge is -2.35. The molecule has 1 heterocycles. The summed E-state index contributed by atoms with van der Waals surface area (Å²) < 4.78 is 5.71. The second-order valence-electron chi connectivity index (χ2n) is 7.77. The Morgan fingerprint density at radius 1 is 1.19 bits per heavy atom. The maximum absolute atomic E-state index is 12.7. The van der Waals surface area contributed by atoms with Crippen LogP contribution < -0.4 is 10.6 Å². The van der Waals surface area contributed by atoms with Crippen LogP contribution >= 0.6 is 0 Å². The van der Waals surface area contributed by atoms with Crippen LogP contribution in [-0.4, -0.2) is 55.2 Å². The molecule has 1 aromatic rings. The third-order valence-corrected chi connectivity index (χ3v) is 4.96. The van der Waals surface area contributed by atoms with Crippen molar-refractivity contribution in [1.82, 2.24) is 15.5 Å². The number of guanidine groups is 1. The number of benzene rings is 1. The third kappa shape index (κ3) is 6.24. The third-order valence-electron chi connectivity index (χ3n) is 4.96. The van der Waals surface area contributed by atoms with Crippen LogP contribution in [0.3, 0.4) is 0 Å². The van der Waals surface area contributed by atoms with Gasteiger partial charge in [-0.2, -0.15) is 0 Å². The van der Waals surface area contributed by atoms with Gasteiger partial charge in [-0.05, 0) is 44.4 Å². The molecule has 3 unspecified atom stereocenters. The maximum atomic E-state index is 12.7. The first-order valence-corrected chi connectivity index (χ1v) is 9.81. The molecule has 27 heavy (non-hydrogen) atoms. The molecule has 150 valence electrons. The molecule has 1 aliphatic heterocycles. The van der Waals surface area contributed by atoms with E-state index in [1.54, 1.807) is 7.05 Å². The van der Waals surface area contributed by atoms with Gasteiger partial charge >= 0.3 is 0 Å². The average Bonchev–Trinajstić information content (AvgIpc) is 2.63. The summed E-state index contributed by atoms with van der Waals surface area (Å²) in [4.78, 5) is 18.9. The number of amides is 1. The topological polar surface area (TPSA) is 66.0 Å². The van der Waals surface area contributed by atoms with Crippen LogP contribution in [0.1, 0.15) is 50.5 Å². The molecule has 1 fully saturated rings. The number of aliphatic imine (C=N–C) groups is 1. The molecule has 0 saturated carbocycles.